The number of fused-ring (bicyclic) bond motifs is 2. The highest BCUT2D eigenvalue weighted by atomic mass is 15.0. The van der Waals surface area contributed by atoms with Gasteiger partial charge in [0.25, 0.3) is 0 Å². The highest BCUT2D eigenvalue weighted by Gasteiger charge is 2.43. The largest absolute Gasteiger partial charge is 0.308 e. The maximum Gasteiger partial charge on any atom is 0.0582 e. The molecule has 0 unspecified atom stereocenters. The van der Waals surface area contributed by atoms with Crippen LogP contribution in [-0.4, -0.2) is 4.57 Å². The molecule has 1 nitrogen and oxygen atoms in total. The summed E-state index contributed by atoms with van der Waals surface area (Å²) in [6.45, 7) is 9.64. The highest BCUT2D eigenvalue weighted by Crippen LogP contribution is 2.56. The lowest BCUT2D eigenvalue weighted by molar-refractivity contribution is 0.594. The van der Waals surface area contributed by atoms with Crippen LogP contribution in [0.2, 0.25) is 0 Å². The van der Waals surface area contributed by atoms with Crippen molar-refractivity contribution < 1.29 is 0 Å². The van der Waals surface area contributed by atoms with E-state index in [1.54, 1.807) is 0 Å². The highest BCUT2D eigenvalue weighted by molar-refractivity contribution is 6.16. The van der Waals surface area contributed by atoms with Crippen molar-refractivity contribution in [3.63, 3.8) is 0 Å². The van der Waals surface area contributed by atoms with Crippen molar-refractivity contribution in [1.82, 2.24) is 4.57 Å². The molecule has 41 heavy (non-hydrogen) atoms. The molecule has 0 atom stereocenters. The number of hydrogen-bond donors (Lipinski definition) is 0. The Labute approximate surface area is 240 Å². The molecule has 3 heterocycles. The molecule has 0 N–H and O–H groups in total. The fourth-order valence-electron chi connectivity index (χ4n) is 8.07. The minimum Gasteiger partial charge on any atom is -0.308 e. The first-order valence-electron chi connectivity index (χ1n) is 14.7. The Bertz CT molecular complexity index is 2240. The first kappa shape index (κ1) is 23.1. The van der Waals surface area contributed by atoms with E-state index < -0.39 is 0 Å². The molecule has 1 heteroatoms. The number of para-hydroxylation sites is 2. The van der Waals surface area contributed by atoms with Gasteiger partial charge in [-0.15, -0.1) is 0 Å². The Balaban J connectivity index is 1.50. The number of rotatable bonds is 2. The van der Waals surface area contributed by atoms with E-state index in [1.807, 2.05) is 0 Å². The number of hydrogen-bond acceptors (Lipinski definition) is 0. The first-order valence-corrected chi connectivity index (χ1v) is 14.7. The van der Waals surface area contributed by atoms with Gasteiger partial charge in [-0.3, -0.25) is 0 Å². The molecule has 1 aromatic heterocycles. The summed E-state index contributed by atoms with van der Waals surface area (Å²) in [5.41, 5.74) is 14.7. The predicted octanol–water partition coefficient (Wildman–Crippen LogP) is 10.5. The molecule has 0 bridgehead atoms. The molecule has 196 valence electrons. The summed E-state index contributed by atoms with van der Waals surface area (Å²) >= 11 is 0. The van der Waals surface area contributed by atoms with Crippen molar-refractivity contribution >= 4 is 32.6 Å². The fraction of sp³-hybridized carbons (Fsp3) is 0.150. The maximum atomic E-state index is 2.61. The third-order valence-corrected chi connectivity index (χ3v) is 10.1. The molecule has 6 aromatic carbocycles. The summed E-state index contributed by atoms with van der Waals surface area (Å²) in [4.78, 5) is 0. The molecule has 0 amide bonds. The van der Waals surface area contributed by atoms with Crippen LogP contribution in [0, 0.1) is 0 Å². The number of nitrogens with zero attached hydrogens (tertiary/aromatic N) is 1. The average Bonchev–Trinajstić information content (AvgIpc) is 3.33. The van der Waals surface area contributed by atoms with Crippen LogP contribution in [0.3, 0.4) is 0 Å². The second-order valence-electron chi connectivity index (χ2n) is 13.0. The van der Waals surface area contributed by atoms with Gasteiger partial charge in [0.2, 0.25) is 0 Å². The lowest BCUT2D eigenvalue weighted by atomic mass is 9.68. The van der Waals surface area contributed by atoms with Crippen molar-refractivity contribution in [3.8, 4) is 27.9 Å². The second-order valence-corrected chi connectivity index (χ2v) is 13.0. The van der Waals surface area contributed by atoms with Gasteiger partial charge in [-0.2, -0.15) is 0 Å². The van der Waals surface area contributed by atoms with Gasteiger partial charge in [-0.1, -0.05) is 131 Å². The monoisotopic (exact) mass is 525 g/mol. The Kier molecular flexibility index (Phi) is 4.26. The fourth-order valence-corrected chi connectivity index (χ4v) is 8.07. The lowest BCUT2D eigenvalue weighted by Crippen LogP contribution is -2.33. The van der Waals surface area contributed by atoms with E-state index in [0.717, 1.165) is 0 Å². The molecule has 0 aliphatic carbocycles. The molecular weight excluding hydrogens is 494 g/mol. The molecule has 0 saturated heterocycles. The van der Waals surface area contributed by atoms with Crippen molar-refractivity contribution in [2.24, 2.45) is 0 Å². The van der Waals surface area contributed by atoms with Crippen LogP contribution in [-0.2, 0) is 10.8 Å². The minimum atomic E-state index is -0.144. The summed E-state index contributed by atoms with van der Waals surface area (Å²) in [6, 6.07) is 43.2. The summed E-state index contributed by atoms with van der Waals surface area (Å²) in [5, 5.41) is 5.28. The van der Waals surface area contributed by atoms with Gasteiger partial charge < -0.3 is 4.57 Å². The Morgan fingerprint density at radius 1 is 0.463 bits per heavy atom. The molecular formula is C40H31N. The van der Waals surface area contributed by atoms with Crippen molar-refractivity contribution in [1.29, 1.82) is 0 Å². The Morgan fingerprint density at radius 2 is 1.10 bits per heavy atom. The molecule has 9 rings (SSSR count). The van der Waals surface area contributed by atoms with E-state index in [0.29, 0.717) is 0 Å². The Hall–Kier alpha value is -4.62. The zero-order valence-corrected chi connectivity index (χ0v) is 23.9. The normalized spacial score (nSPS) is 15.7. The van der Waals surface area contributed by atoms with Crippen LogP contribution in [0.4, 0.5) is 0 Å². The molecule has 7 aromatic rings. The van der Waals surface area contributed by atoms with Crippen molar-refractivity contribution in [3.05, 3.63) is 138 Å². The van der Waals surface area contributed by atoms with Crippen LogP contribution < -0.4 is 0 Å². The summed E-state index contributed by atoms with van der Waals surface area (Å²) < 4.78 is 2.61. The lowest BCUT2D eigenvalue weighted by Gasteiger charge is -2.42. The molecule has 2 aliphatic heterocycles. The van der Waals surface area contributed by atoms with E-state index in [-0.39, 0.29) is 10.8 Å². The van der Waals surface area contributed by atoms with E-state index >= 15 is 0 Å². The second kappa shape index (κ2) is 7.56. The average molecular weight is 526 g/mol. The molecule has 2 aliphatic rings. The smallest absolute Gasteiger partial charge is 0.0582 e. The van der Waals surface area contributed by atoms with E-state index in [2.05, 4.69) is 148 Å². The zero-order chi connectivity index (χ0) is 27.7. The SMILES string of the molecule is CC1(C)c2cccc3c2-n2c4c1cccc4c1cc(-c4c(-c5ccccc5)ccc5ccccc45)cc(c12)C3(C)C. The van der Waals surface area contributed by atoms with Crippen LogP contribution in [0.15, 0.2) is 115 Å². The third kappa shape index (κ3) is 2.77. The Morgan fingerprint density at radius 3 is 1.90 bits per heavy atom. The van der Waals surface area contributed by atoms with Gasteiger partial charge in [0, 0.05) is 21.6 Å². The van der Waals surface area contributed by atoms with Gasteiger partial charge in [-0.25, -0.2) is 0 Å². The van der Waals surface area contributed by atoms with Crippen LogP contribution >= 0.6 is 0 Å². The predicted molar refractivity (Wildman–Crippen MR) is 173 cm³/mol. The number of aromatic nitrogens is 1. The summed E-state index contributed by atoms with van der Waals surface area (Å²) in [5.74, 6) is 0. The summed E-state index contributed by atoms with van der Waals surface area (Å²) in [7, 11) is 0. The standard InChI is InChI=1S/C40H31N/c1-39(2)31-17-10-16-29-30-22-26(35-27-15-9-8-14-25(27)20-21-28(35)24-12-6-5-7-13-24)23-34-37(30)41(36(29)31)38-32(39)18-11-19-33(38)40(34,3)4/h5-23H,1-4H3. The molecule has 0 fully saturated rings. The molecule has 0 radical (unpaired) electrons. The van der Waals surface area contributed by atoms with Gasteiger partial charge in [0.05, 0.1) is 16.7 Å². The third-order valence-electron chi connectivity index (χ3n) is 10.1. The van der Waals surface area contributed by atoms with Gasteiger partial charge in [0.1, 0.15) is 0 Å². The molecule has 0 spiro atoms. The topological polar surface area (TPSA) is 4.93 Å². The van der Waals surface area contributed by atoms with Gasteiger partial charge >= 0.3 is 0 Å². The van der Waals surface area contributed by atoms with Gasteiger partial charge in [0.15, 0.2) is 0 Å². The van der Waals surface area contributed by atoms with Gasteiger partial charge in [-0.05, 0) is 67.4 Å². The van der Waals surface area contributed by atoms with Crippen molar-refractivity contribution in [2.45, 2.75) is 38.5 Å². The van der Waals surface area contributed by atoms with Crippen molar-refractivity contribution in [2.75, 3.05) is 0 Å². The van der Waals surface area contributed by atoms with E-state index in [1.165, 1.54) is 82.8 Å². The van der Waals surface area contributed by atoms with Crippen LogP contribution in [0.5, 0.6) is 0 Å². The van der Waals surface area contributed by atoms with Crippen LogP contribution in [0.1, 0.15) is 49.9 Å². The zero-order valence-electron chi connectivity index (χ0n) is 23.9. The van der Waals surface area contributed by atoms with E-state index in [4.69, 9.17) is 0 Å². The summed E-state index contributed by atoms with van der Waals surface area (Å²) in [6.07, 6.45) is 0. The first-order chi connectivity index (χ1) is 19.9. The minimum absolute atomic E-state index is 0.0677. The van der Waals surface area contributed by atoms with E-state index in [9.17, 15) is 0 Å². The maximum absolute atomic E-state index is 2.61. The quantitative estimate of drug-likeness (QED) is 0.212. The number of benzene rings is 6. The molecule has 0 saturated carbocycles. The van der Waals surface area contributed by atoms with Crippen LogP contribution in [0.25, 0.3) is 60.5 Å².